The van der Waals surface area contributed by atoms with E-state index in [2.05, 4.69) is 10.0 Å². The fraction of sp³-hybridized carbons (Fsp3) is 0.333. The Hall–Kier alpha value is -2.71. The molecule has 34 heavy (non-hydrogen) atoms. The van der Waals surface area contributed by atoms with Crippen molar-refractivity contribution in [2.45, 2.75) is 44.4 Å². The van der Waals surface area contributed by atoms with Crippen molar-refractivity contribution in [2.24, 2.45) is 5.92 Å². The molecule has 0 aliphatic carbocycles. The van der Waals surface area contributed by atoms with Crippen molar-refractivity contribution < 1.29 is 18.3 Å². The number of nitrogens with one attached hydrogen (secondary N) is 2. The summed E-state index contributed by atoms with van der Waals surface area (Å²) >= 11 is 0. The molecule has 3 aromatic rings. The average molecular weight is 483 g/mol. The molecule has 0 aliphatic heterocycles. The summed E-state index contributed by atoms with van der Waals surface area (Å²) < 4.78 is 34.5. The molecule has 7 heteroatoms. The lowest BCUT2D eigenvalue weighted by atomic mass is 10.0. The van der Waals surface area contributed by atoms with Crippen LogP contribution in [0.1, 0.15) is 30.5 Å². The van der Waals surface area contributed by atoms with Crippen LogP contribution in [-0.2, 0) is 29.6 Å². The lowest BCUT2D eigenvalue weighted by molar-refractivity contribution is 0.175. The fourth-order valence-corrected chi connectivity index (χ4v) is 4.88. The first-order valence-electron chi connectivity index (χ1n) is 11.6. The molecule has 0 fully saturated rings. The van der Waals surface area contributed by atoms with Crippen LogP contribution in [0.2, 0.25) is 0 Å². The normalized spacial score (nSPS) is 12.6. The van der Waals surface area contributed by atoms with E-state index in [1.165, 1.54) is 0 Å². The van der Waals surface area contributed by atoms with Crippen LogP contribution in [0.4, 0.5) is 0 Å². The van der Waals surface area contributed by atoms with E-state index in [4.69, 9.17) is 4.74 Å². The summed E-state index contributed by atoms with van der Waals surface area (Å²) in [6.07, 6.45) is -0.250. The van der Waals surface area contributed by atoms with Crippen molar-refractivity contribution in [1.29, 1.82) is 0 Å². The number of aliphatic hydroxyl groups excluding tert-OH is 1. The first kappa shape index (κ1) is 25.9. The third-order valence-corrected chi connectivity index (χ3v) is 6.78. The second-order valence-corrected chi connectivity index (χ2v) is 10.5. The Labute approximate surface area is 203 Å². The molecular formula is C27H34N2O4S. The summed E-state index contributed by atoms with van der Waals surface area (Å²) in [5.74, 6) is 0.898. The number of hydrogen-bond donors (Lipinski definition) is 3. The predicted octanol–water partition coefficient (Wildman–Crippen LogP) is 3.89. The van der Waals surface area contributed by atoms with Crippen LogP contribution in [0.3, 0.4) is 0 Å². The molecule has 0 spiro atoms. The van der Waals surface area contributed by atoms with Crippen molar-refractivity contribution in [1.82, 2.24) is 10.0 Å². The first-order valence-corrected chi connectivity index (χ1v) is 13.0. The second kappa shape index (κ2) is 12.7. The van der Waals surface area contributed by atoms with Gasteiger partial charge in [0.1, 0.15) is 12.4 Å². The Balaban J connectivity index is 1.60. The van der Waals surface area contributed by atoms with Crippen LogP contribution in [0.25, 0.3) is 0 Å². The lowest BCUT2D eigenvalue weighted by Crippen LogP contribution is -2.38. The smallest absolute Gasteiger partial charge is 0.240 e. The molecule has 0 unspecified atom stereocenters. The van der Waals surface area contributed by atoms with Crippen LogP contribution >= 0.6 is 0 Å². The molecule has 3 rings (SSSR count). The molecule has 0 amide bonds. The van der Waals surface area contributed by atoms with Gasteiger partial charge in [0.15, 0.2) is 0 Å². The molecule has 3 aromatic carbocycles. The molecule has 0 bridgehead atoms. The summed E-state index contributed by atoms with van der Waals surface area (Å²) in [6, 6.07) is 24.7. The summed E-state index contributed by atoms with van der Waals surface area (Å²) in [5.41, 5.74) is 2.84. The monoisotopic (exact) mass is 482 g/mol. The van der Waals surface area contributed by atoms with E-state index in [1.807, 2.05) is 74.5 Å². The third kappa shape index (κ3) is 8.25. The van der Waals surface area contributed by atoms with Gasteiger partial charge in [-0.2, -0.15) is 0 Å². The molecule has 0 aromatic heterocycles. The summed E-state index contributed by atoms with van der Waals surface area (Å²) in [6.45, 7) is 5.31. The van der Waals surface area contributed by atoms with E-state index in [-0.39, 0.29) is 23.9 Å². The number of aliphatic hydroxyl groups is 1. The molecular weight excluding hydrogens is 448 g/mol. The average Bonchev–Trinajstić information content (AvgIpc) is 2.82. The molecule has 0 saturated heterocycles. The molecule has 0 saturated carbocycles. The molecule has 182 valence electrons. The zero-order chi connectivity index (χ0) is 24.4. The van der Waals surface area contributed by atoms with Gasteiger partial charge in [-0.05, 0) is 47.2 Å². The van der Waals surface area contributed by atoms with Gasteiger partial charge in [-0.1, -0.05) is 74.5 Å². The standard InChI is InChI=1S/C27H34N2O4S/c1-21(2)15-24-16-26(33-20-23-11-7-4-8-12-23)13-14-27(24)34(31,32)29-19-25(30)18-28-17-22-9-5-3-6-10-22/h3-14,16,21,25,28-30H,15,17-20H2,1-2H3/t25-/m1/s1. The Morgan fingerprint density at radius 2 is 1.53 bits per heavy atom. The maximum Gasteiger partial charge on any atom is 0.240 e. The van der Waals surface area contributed by atoms with Gasteiger partial charge in [0.25, 0.3) is 0 Å². The van der Waals surface area contributed by atoms with E-state index in [0.717, 1.165) is 11.1 Å². The van der Waals surface area contributed by atoms with Crippen LogP contribution < -0.4 is 14.8 Å². The highest BCUT2D eigenvalue weighted by Gasteiger charge is 2.21. The Morgan fingerprint density at radius 3 is 2.18 bits per heavy atom. The van der Waals surface area contributed by atoms with Crippen LogP contribution in [0, 0.1) is 5.92 Å². The highest BCUT2D eigenvalue weighted by molar-refractivity contribution is 7.89. The molecule has 1 atom stereocenters. The van der Waals surface area contributed by atoms with Crippen LogP contribution in [-0.4, -0.2) is 32.7 Å². The minimum Gasteiger partial charge on any atom is -0.489 e. The number of rotatable bonds is 13. The van der Waals surface area contributed by atoms with Crippen LogP contribution in [0.5, 0.6) is 5.75 Å². The van der Waals surface area contributed by atoms with E-state index in [1.54, 1.807) is 18.2 Å². The van der Waals surface area contributed by atoms with Crippen molar-refractivity contribution in [3.05, 3.63) is 95.6 Å². The maximum absolute atomic E-state index is 13.0. The van der Waals surface area contributed by atoms with Gasteiger partial charge >= 0.3 is 0 Å². The molecule has 0 aliphatic rings. The Bertz CT molecular complexity index is 1120. The summed E-state index contributed by atoms with van der Waals surface area (Å²) in [4.78, 5) is 0.220. The van der Waals surface area contributed by atoms with Gasteiger partial charge in [0.05, 0.1) is 11.0 Å². The predicted molar refractivity (Wildman–Crippen MR) is 135 cm³/mol. The van der Waals surface area contributed by atoms with Gasteiger partial charge < -0.3 is 15.2 Å². The zero-order valence-electron chi connectivity index (χ0n) is 19.8. The number of hydrogen-bond acceptors (Lipinski definition) is 5. The number of sulfonamides is 1. The summed E-state index contributed by atoms with van der Waals surface area (Å²) in [7, 11) is -3.79. The zero-order valence-corrected chi connectivity index (χ0v) is 20.6. The fourth-order valence-electron chi connectivity index (χ4n) is 3.58. The van der Waals surface area contributed by atoms with Crippen LogP contribution in [0.15, 0.2) is 83.8 Å². The third-order valence-electron chi connectivity index (χ3n) is 5.26. The SMILES string of the molecule is CC(C)Cc1cc(OCc2ccccc2)ccc1S(=O)(=O)NC[C@H](O)CNCc1ccccc1. The first-order chi connectivity index (χ1) is 16.3. The van der Waals surface area contributed by atoms with Crippen molar-refractivity contribution in [3.63, 3.8) is 0 Å². The summed E-state index contributed by atoms with van der Waals surface area (Å²) in [5, 5.41) is 13.4. The maximum atomic E-state index is 13.0. The number of ether oxygens (including phenoxy) is 1. The topological polar surface area (TPSA) is 87.7 Å². The lowest BCUT2D eigenvalue weighted by Gasteiger charge is -2.17. The van der Waals surface area contributed by atoms with Gasteiger partial charge in [-0.25, -0.2) is 13.1 Å². The van der Waals surface area contributed by atoms with E-state index >= 15 is 0 Å². The van der Waals surface area contributed by atoms with Gasteiger partial charge in [0, 0.05) is 19.6 Å². The molecule has 0 heterocycles. The quantitative estimate of drug-likeness (QED) is 0.344. The Morgan fingerprint density at radius 1 is 0.882 bits per heavy atom. The minimum absolute atomic E-state index is 0.0719. The largest absolute Gasteiger partial charge is 0.489 e. The molecule has 3 N–H and O–H groups in total. The van der Waals surface area contributed by atoms with E-state index < -0.39 is 16.1 Å². The number of benzene rings is 3. The Kier molecular flexibility index (Phi) is 9.65. The van der Waals surface area contributed by atoms with Gasteiger partial charge in [0.2, 0.25) is 10.0 Å². The van der Waals surface area contributed by atoms with Crippen molar-refractivity contribution >= 4 is 10.0 Å². The van der Waals surface area contributed by atoms with Crippen molar-refractivity contribution in [2.75, 3.05) is 13.1 Å². The van der Waals surface area contributed by atoms with E-state index in [0.29, 0.717) is 30.9 Å². The van der Waals surface area contributed by atoms with Gasteiger partial charge in [-0.15, -0.1) is 0 Å². The molecule has 0 radical (unpaired) electrons. The highest BCUT2D eigenvalue weighted by atomic mass is 32.2. The van der Waals surface area contributed by atoms with Crippen molar-refractivity contribution in [3.8, 4) is 5.75 Å². The van der Waals surface area contributed by atoms with E-state index in [9.17, 15) is 13.5 Å². The highest BCUT2D eigenvalue weighted by Crippen LogP contribution is 2.25. The minimum atomic E-state index is -3.79. The molecule has 6 nitrogen and oxygen atoms in total. The second-order valence-electron chi connectivity index (χ2n) is 8.76. The van der Waals surface area contributed by atoms with Gasteiger partial charge in [-0.3, -0.25) is 0 Å².